The first kappa shape index (κ1) is 17.2. The van der Waals surface area contributed by atoms with Crippen molar-refractivity contribution < 1.29 is 9.18 Å². The van der Waals surface area contributed by atoms with Gasteiger partial charge in [-0.2, -0.15) is 0 Å². The van der Waals surface area contributed by atoms with Gasteiger partial charge in [0.1, 0.15) is 5.82 Å². The number of thioether (sulfide) groups is 1. The molecule has 0 spiro atoms. The summed E-state index contributed by atoms with van der Waals surface area (Å²) in [6.45, 7) is 0. The third-order valence-corrected chi connectivity index (χ3v) is 5.89. The minimum atomic E-state index is -0.303. The fourth-order valence-corrected chi connectivity index (χ4v) is 4.15. The molecule has 0 bridgehead atoms. The van der Waals surface area contributed by atoms with Gasteiger partial charge < -0.3 is 5.32 Å². The van der Waals surface area contributed by atoms with Gasteiger partial charge in [-0.15, -0.1) is 16.4 Å². The quantitative estimate of drug-likeness (QED) is 0.628. The highest BCUT2D eigenvalue weighted by Crippen LogP contribution is 2.36. The van der Waals surface area contributed by atoms with Gasteiger partial charge in [-0.3, -0.25) is 4.79 Å². The smallest absolute Gasteiger partial charge is 0.231 e. The average molecular weight is 389 g/mol. The number of hydrogen-bond donors (Lipinski definition) is 1. The molecule has 1 fully saturated rings. The van der Waals surface area contributed by atoms with Gasteiger partial charge in [0.2, 0.25) is 11.1 Å². The lowest BCUT2D eigenvalue weighted by Crippen LogP contribution is -2.30. The van der Waals surface area contributed by atoms with Gasteiger partial charge in [0.25, 0.3) is 0 Å². The van der Waals surface area contributed by atoms with Gasteiger partial charge in [-0.1, -0.05) is 30.0 Å². The molecule has 1 amide bonds. The molecular weight excluding hydrogens is 373 g/mol. The number of thiophene rings is 1. The maximum atomic E-state index is 13.2. The lowest BCUT2D eigenvalue weighted by Gasteiger charge is -2.18. The Balaban J connectivity index is 1.44. The Kier molecular flexibility index (Phi) is 4.98. The number of rotatable bonds is 7. The highest BCUT2D eigenvalue weighted by molar-refractivity contribution is 7.99. The number of nitrogens with zero attached hydrogens (tertiary/aromatic N) is 4. The first-order chi connectivity index (χ1) is 12.7. The van der Waals surface area contributed by atoms with Gasteiger partial charge >= 0.3 is 0 Å². The SMILES string of the molecule is O=C(CSc1nnnn1C1CC1)N[C@H](c1ccc(F)cc1)c1cccs1. The Morgan fingerprint density at radius 3 is 2.85 bits per heavy atom. The van der Waals surface area contributed by atoms with Crippen LogP contribution < -0.4 is 5.32 Å². The zero-order valence-electron chi connectivity index (χ0n) is 13.7. The molecule has 1 aliphatic rings. The number of nitrogens with one attached hydrogen (secondary N) is 1. The van der Waals surface area contributed by atoms with Gasteiger partial charge in [-0.05, 0) is 52.4 Å². The predicted molar refractivity (Wildman–Crippen MR) is 97.5 cm³/mol. The summed E-state index contributed by atoms with van der Waals surface area (Å²) in [7, 11) is 0. The van der Waals surface area contributed by atoms with E-state index in [9.17, 15) is 9.18 Å². The standard InChI is InChI=1S/C17H16FN5OS2/c18-12-5-3-11(4-6-12)16(14-2-1-9-25-14)19-15(24)10-26-17-20-21-22-23(17)13-7-8-13/h1-6,9,13,16H,7-8,10H2,(H,19,24)/t16-/m1/s1. The normalized spacial score (nSPS) is 15.0. The van der Waals surface area contributed by atoms with Crippen LogP contribution in [0.5, 0.6) is 0 Å². The van der Waals surface area contributed by atoms with Gasteiger partial charge in [-0.25, -0.2) is 9.07 Å². The van der Waals surface area contributed by atoms with Crippen LogP contribution in [0.2, 0.25) is 0 Å². The summed E-state index contributed by atoms with van der Waals surface area (Å²) in [6, 6.07) is 10.2. The third-order valence-electron chi connectivity index (χ3n) is 4.02. The fourth-order valence-electron chi connectivity index (χ4n) is 2.59. The zero-order valence-corrected chi connectivity index (χ0v) is 15.3. The first-order valence-electron chi connectivity index (χ1n) is 8.19. The molecule has 3 aromatic rings. The molecular formula is C17H16FN5OS2. The van der Waals surface area contributed by atoms with E-state index >= 15 is 0 Å². The molecule has 1 aliphatic carbocycles. The summed E-state index contributed by atoms with van der Waals surface area (Å²) < 4.78 is 15.0. The summed E-state index contributed by atoms with van der Waals surface area (Å²) in [6.07, 6.45) is 2.16. The highest BCUT2D eigenvalue weighted by atomic mass is 32.2. The maximum absolute atomic E-state index is 13.2. The summed E-state index contributed by atoms with van der Waals surface area (Å²) in [5, 5.41) is 17.3. The molecule has 2 aromatic heterocycles. The zero-order chi connectivity index (χ0) is 17.9. The molecule has 0 unspecified atom stereocenters. The van der Waals surface area contributed by atoms with Gasteiger partial charge in [0.15, 0.2) is 0 Å². The van der Waals surface area contributed by atoms with Crippen LogP contribution in [0.3, 0.4) is 0 Å². The molecule has 26 heavy (non-hydrogen) atoms. The Labute approximate surface area is 157 Å². The van der Waals surface area contributed by atoms with E-state index in [1.165, 1.54) is 23.9 Å². The fraction of sp³-hybridized carbons (Fsp3) is 0.294. The van der Waals surface area contributed by atoms with Crippen LogP contribution in [-0.4, -0.2) is 31.9 Å². The molecule has 4 rings (SSSR count). The van der Waals surface area contributed by atoms with Crippen molar-refractivity contribution in [2.45, 2.75) is 30.1 Å². The van der Waals surface area contributed by atoms with Crippen LogP contribution in [0.4, 0.5) is 4.39 Å². The number of carbonyl (C=O) groups is 1. The van der Waals surface area contributed by atoms with Crippen LogP contribution >= 0.6 is 23.1 Å². The third kappa shape index (κ3) is 3.94. The second-order valence-electron chi connectivity index (χ2n) is 5.99. The number of carbonyl (C=O) groups excluding carboxylic acids is 1. The molecule has 6 nitrogen and oxygen atoms in total. The second-order valence-corrected chi connectivity index (χ2v) is 7.92. The minimum absolute atomic E-state index is 0.122. The summed E-state index contributed by atoms with van der Waals surface area (Å²) in [5.74, 6) is -0.202. The maximum Gasteiger partial charge on any atom is 0.231 e. The lowest BCUT2D eigenvalue weighted by atomic mass is 10.1. The molecule has 134 valence electrons. The number of benzene rings is 1. The summed E-state index contributed by atoms with van der Waals surface area (Å²) in [4.78, 5) is 13.5. The number of hydrogen-bond acceptors (Lipinski definition) is 6. The van der Waals surface area contributed by atoms with E-state index in [1.54, 1.807) is 28.2 Å². The summed E-state index contributed by atoms with van der Waals surface area (Å²) in [5.41, 5.74) is 0.843. The van der Waals surface area contributed by atoms with E-state index in [0.717, 1.165) is 23.3 Å². The molecule has 1 aromatic carbocycles. The van der Waals surface area contributed by atoms with E-state index < -0.39 is 0 Å². The summed E-state index contributed by atoms with van der Waals surface area (Å²) >= 11 is 2.88. The van der Waals surface area contributed by atoms with Crippen molar-refractivity contribution in [2.75, 3.05) is 5.75 Å². The van der Waals surface area contributed by atoms with E-state index in [-0.39, 0.29) is 23.5 Å². The monoisotopic (exact) mass is 389 g/mol. The molecule has 0 radical (unpaired) electrons. The number of amides is 1. The van der Waals surface area contributed by atoms with E-state index in [4.69, 9.17) is 0 Å². The van der Waals surface area contributed by atoms with Crippen molar-refractivity contribution in [1.29, 1.82) is 0 Å². The van der Waals surface area contributed by atoms with Crippen LogP contribution in [0.15, 0.2) is 46.9 Å². The van der Waals surface area contributed by atoms with Crippen molar-refractivity contribution in [3.8, 4) is 0 Å². The Hall–Kier alpha value is -2.26. The molecule has 9 heteroatoms. The topological polar surface area (TPSA) is 72.7 Å². The van der Waals surface area contributed by atoms with E-state index in [1.807, 2.05) is 17.5 Å². The molecule has 0 saturated heterocycles. The average Bonchev–Trinajstić information content (AvgIpc) is 3.15. The van der Waals surface area contributed by atoms with Gasteiger partial charge in [0.05, 0.1) is 17.8 Å². The predicted octanol–water partition coefficient (Wildman–Crippen LogP) is 3.21. The Bertz CT molecular complexity index is 877. The van der Waals surface area contributed by atoms with Crippen molar-refractivity contribution in [3.63, 3.8) is 0 Å². The molecule has 2 heterocycles. The molecule has 1 saturated carbocycles. The Morgan fingerprint density at radius 1 is 1.35 bits per heavy atom. The lowest BCUT2D eigenvalue weighted by molar-refractivity contribution is -0.119. The van der Waals surface area contributed by atoms with Crippen LogP contribution in [0.1, 0.15) is 35.4 Å². The molecule has 1 N–H and O–H groups in total. The largest absolute Gasteiger partial charge is 0.344 e. The Morgan fingerprint density at radius 2 is 2.15 bits per heavy atom. The molecule has 1 atom stereocenters. The minimum Gasteiger partial charge on any atom is -0.344 e. The number of halogens is 1. The van der Waals surface area contributed by atoms with Gasteiger partial charge in [0, 0.05) is 4.88 Å². The van der Waals surface area contributed by atoms with Crippen LogP contribution in [-0.2, 0) is 4.79 Å². The van der Waals surface area contributed by atoms with Crippen molar-refractivity contribution >= 4 is 29.0 Å². The first-order valence-corrected chi connectivity index (χ1v) is 10.1. The highest BCUT2D eigenvalue weighted by Gasteiger charge is 2.28. The van der Waals surface area contributed by atoms with Crippen LogP contribution in [0.25, 0.3) is 0 Å². The van der Waals surface area contributed by atoms with Crippen LogP contribution in [0, 0.1) is 5.82 Å². The van der Waals surface area contributed by atoms with Crippen molar-refractivity contribution in [3.05, 3.63) is 58.0 Å². The molecule has 0 aliphatic heterocycles. The number of aromatic nitrogens is 4. The van der Waals surface area contributed by atoms with Crippen molar-refractivity contribution in [1.82, 2.24) is 25.5 Å². The van der Waals surface area contributed by atoms with E-state index in [2.05, 4.69) is 20.8 Å². The van der Waals surface area contributed by atoms with E-state index in [0.29, 0.717) is 11.2 Å². The second kappa shape index (κ2) is 7.55. The number of tetrazole rings is 1. The van der Waals surface area contributed by atoms with Crippen molar-refractivity contribution in [2.24, 2.45) is 0 Å².